The van der Waals surface area contributed by atoms with Gasteiger partial charge in [0.25, 0.3) is 0 Å². The molecule has 1 aromatic rings. The third-order valence-corrected chi connectivity index (χ3v) is 3.16. The van der Waals surface area contributed by atoms with E-state index in [0.29, 0.717) is 35.3 Å². The Hall–Kier alpha value is -1.30. The molecule has 1 saturated heterocycles. The Balaban J connectivity index is 2.30. The highest BCUT2D eigenvalue weighted by molar-refractivity contribution is 6.34. The van der Waals surface area contributed by atoms with Crippen LogP contribution in [0.1, 0.15) is 10.4 Å². The van der Waals surface area contributed by atoms with Crippen molar-refractivity contribution in [2.45, 2.75) is 6.10 Å². The predicted molar refractivity (Wildman–Crippen MR) is 69.4 cm³/mol. The standard InChI is InChI=1S/C13H15ClO5/c1-16-10-5-8(9(14)6-11(10)17-2)13(15)12-7-18-3-4-19-12/h5-6,12H,3-4,7H2,1-2H3. The van der Waals surface area contributed by atoms with Crippen molar-refractivity contribution in [1.82, 2.24) is 0 Å². The number of benzene rings is 1. The second-order valence-electron chi connectivity index (χ2n) is 3.99. The van der Waals surface area contributed by atoms with Gasteiger partial charge in [-0.1, -0.05) is 11.6 Å². The number of carbonyl (C=O) groups excluding carboxylic acids is 1. The first kappa shape index (κ1) is 14.1. The molecule has 104 valence electrons. The van der Waals surface area contributed by atoms with Gasteiger partial charge in [-0.3, -0.25) is 4.79 Å². The van der Waals surface area contributed by atoms with Crippen molar-refractivity contribution >= 4 is 17.4 Å². The number of hydrogen-bond donors (Lipinski definition) is 0. The molecule has 1 aromatic carbocycles. The summed E-state index contributed by atoms with van der Waals surface area (Å²) in [5.41, 5.74) is 0.342. The Labute approximate surface area is 116 Å². The molecule has 0 aromatic heterocycles. The lowest BCUT2D eigenvalue weighted by Gasteiger charge is -2.22. The van der Waals surface area contributed by atoms with E-state index in [9.17, 15) is 4.79 Å². The number of halogens is 1. The third kappa shape index (κ3) is 3.00. The van der Waals surface area contributed by atoms with Gasteiger partial charge in [-0.2, -0.15) is 0 Å². The number of ketones is 1. The third-order valence-electron chi connectivity index (χ3n) is 2.85. The Morgan fingerprint density at radius 3 is 2.53 bits per heavy atom. The molecule has 1 aliphatic heterocycles. The lowest BCUT2D eigenvalue weighted by atomic mass is 10.1. The molecule has 0 N–H and O–H groups in total. The van der Waals surface area contributed by atoms with E-state index < -0.39 is 6.10 Å². The predicted octanol–water partition coefficient (Wildman–Crippen LogP) is 1.96. The molecular formula is C13H15ClO5. The molecule has 1 unspecified atom stereocenters. The van der Waals surface area contributed by atoms with E-state index in [0.717, 1.165) is 0 Å². The first-order valence-electron chi connectivity index (χ1n) is 5.82. The Morgan fingerprint density at radius 2 is 1.95 bits per heavy atom. The van der Waals surface area contributed by atoms with Crippen molar-refractivity contribution < 1.29 is 23.7 Å². The molecule has 1 aliphatic rings. The summed E-state index contributed by atoms with van der Waals surface area (Å²) in [6, 6.07) is 3.11. The van der Waals surface area contributed by atoms with Crippen LogP contribution in [0.2, 0.25) is 5.02 Å². The molecule has 2 rings (SSSR count). The monoisotopic (exact) mass is 286 g/mol. The van der Waals surface area contributed by atoms with Crippen LogP contribution >= 0.6 is 11.6 Å². The van der Waals surface area contributed by atoms with Crippen molar-refractivity contribution in [1.29, 1.82) is 0 Å². The van der Waals surface area contributed by atoms with Crippen LogP contribution in [0.4, 0.5) is 0 Å². The average Bonchev–Trinajstić information content (AvgIpc) is 2.47. The molecular weight excluding hydrogens is 272 g/mol. The fourth-order valence-electron chi connectivity index (χ4n) is 1.86. The minimum absolute atomic E-state index is 0.217. The summed E-state index contributed by atoms with van der Waals surface area (Å²) in [4.78, 5) is 12.3. The van der Waals surface area contributed by atoms with Crippen molar-refractivity contribution in [2.75, 3.05) is 34.0 Å². The lowest BCUT2D eigenvalue weighted by molar-refractivity contribution is -0.0719. The van der Waals surface area contributed by atoms with Crippen LogP contribution in [0, 0.1) is 0 Å². The minimum atomic E-state index is -0.621. The molecule has 1 heterocycles. The molecule has 0 amide bonds. The van der Waals surface area contributed by atoms with Crippen LogP contribution in [0.3, 0.4) is 0 Å². The molecule has 0 bridgehead atoms. The van der Waals surface area contributed by atoms with Crippen molar-refractivity contribution in [2.24, 2.45) is 0 Å². The van der Waals surface area contributed by atoms with E-state index in [4.69, 9.17) is 30.5 Å². The number of rotatable bonds is 4. The van der Waals surface area contributed by atoms with E-state index in [1.165, 1.54) is 14.2 Å². The summed E-state index contributed by atoms with van der Waals surface area (Å²) >= 11 is 6.10. The van der Waals surface area contributed by atoms with Crippen LogP contribution < -0.4 is 9.47 Å². The van der Waals surface area contributed by atoms with Gasteiger partial charge in [0, 0.05) is 11.6 Å². The fraction of sp³-hybridized carbons (Fsp3) is 0.462. The zero-order valence-electron chi connectivity index (χ0n) is 10.8. The fourth-order valence-corrected chi connectivity index (χ4v) is 2.10. The molecule has 0 aliphatic carbocycles. The van der Waals surface area contributed by atoms with Crippen LogP contribution in [-0.4, -0.2) is 45.9 Å². The van der Waals surface area contributed by atoms with Crippen LogP contribution in [-0.2, 0) is 9.47 Å². The first-order valence-corrected chi connectivity index (χ1v) is 6.20. The van der Waals surface area contributed by atoms with Crippen molar-refractivity contribution in [3.05, 3.63) is 22.7 Å². The average molecular weight is 287 g/mol. The van der Waals surface area contributed by atoms with Crippen LogP contribution in [0.15, 0.2) is 12.1 Å². The number of carbonyl (C=O) groups is 1. The number of methoxy groups -OCH3 is 2. The molecule has 1 fully saturated rings. The summed E-state index contributed by atoms with van der Waals surface area (Å²) in [7, 11) is 3.01. The maximum Gasteiger partial charge on any atom is 0.195 e. The molecule has 6 heteroatoms. The van der Waals surface area contributed by atoms with Gasteiger partial charge < -0.3 is 18.9 Å². The number of hydrogen-bond acceptors (Lipinski definition) is 5. The molecule has 0 spiro atoms. The summed E-state index contributed by atoms with van der Waals surface area (Å²) in [5.74, 6) is 0.711. The van der Waals surface area contributed by atoms with Gasteiger partial charge in [-0.25, -0.2) is 0 Å². The van der Waals surface area contributed by atoms with E-state index in [-0.39, 0.29) is 12.4 Å². The van der Waals surface area contributed by atoms with Gasteiger partial charge in [-0.05, 0) is 6.07 Å². The van der Waals surface area contributed by atoms with E-state index >= 15 is 0 Å². The quantitative estimate of drug-likeness (QED) is 0.792. The highest BCUT2D eigenvalue weighted by Crippen LogP contribution is 2.33. The van der Waals surface area contributed by atoms with Crippen molar-refractivity contribution in [3.8, 4) is 11.5 Å². The zero-order valence-corrected chi connectivity index (χ0v) is 11.5. The van der Waals surface area contributed by atoms with Gasteiger partial charge >= 0.3 is 0 Å². The second-order valence-corrected chi connectivity index (χ2v) is 4.39. The number of ether oxygens (including phenoxy) is 4. The molecule has 19 heavy (non-hydrogen) atoms. The van der Waals surface area contributed by atoms with Crippen LogP contribution in [0.5, 0.6) is 11.5 Å². The lowest BCUT2D eigenvalue weighted by Crippen LogP contribution is -2.35. The largest absolute Gasteiger partial charge is 0.493 e. The normalized spacial score (nSPS) is 19.0. The second kappa shape index (κ2) is 6.23. The summed E-state index contributed by atoms with van der Waals surface area (Å²) in [6.07, 6.45) is -0.621. The highest BCUT2D eigenvalue weighted by atomic mass is 35.5. The summed E-state index contributed by atoms with van der Waals surface area (Å²) < 4.78 is 20.9. The van der Waals surface area contributed by atoms with E-state index in [2.05, 4.69) is 0 Å². The van der Waals surface area contributed by atoms with E-state index in [1.54, 1.807) is 12.1 Å². The maximum absolute atomic E-state index is 12.3. The van der Waals surface area contributed by atoms with Gasteiger partial charge in [0.15, 0.2) is 17.3 Å². The molecule has 1 atom stereocenters. The Morgan fingerprint density at radius 1 is 1.26 bits per heavy atom. The number of Topliss-reactive ketones (excluding diaryl/α,β-unsaturated/α-hetero) is 1. The molecule has 5 nitrogen and oxygen atoms in total. The minimum Gasteiger partial charge on any atom is -0.493 e. The molecule has 0 saturated carbocycles. The first-order chi connectivity index (χ1) is 9.17. The molecule has 0 radical (unpaired) electrons. The van der Waals surface area contributed by atoms with Crippen molar-refractivity contribution in [3.63, 3.8) is 0 Å². The zero-order chi connectivity index (χ0) is 13.8. The smallest absolute Gasteiger partial charge is 0.195 e. The Bertz CT molecular complexity index is 468. The van der Waals surface area contributed by atoms with Crippen LogP contribution in [0.25, 0.3) is 0 Å². The van der Waals surface area contributed by atoms with Gasteiger partial charge in [0.05, 0.1) is 39.1 Å². The summed E-state index contributed by atoms with van der Waals surface area (Å²) in [6.45, 7) is 1.15. The van der Waals surface area contributed by atoms with E-state index in [1.807, 2.05) is 0 Å². The SMILES string of the molecule is COc1cc(Cl)c(C(=O)C2COCCO2)cc1OC. The van der Waals surface area contributed by atoms with Gasteiger partial charge in [0.2, 0.25) is 0 Å². The van der Waals surface area contributed by atoms with Gasteiger partial charge in [-0.15, -0.1) is 0 Å². The van der Waals surface area contributed by atoms with Gasteiger partial charge in [0.1, 0.15) is 6.10 Å². The topological polar surface area (TPSA) is 54.0 Å². The Kier molecular flexibility index (Phi) is 4.63. The highest BCUT2D eigenvalue weighted by Gasteiger charge is 2.26. The maximum atomic E-state index is 12.3. The summed E-state index contributed by atoms with van der Waals surface area (Å²) in [5, 5.41) is 0.303.